The smallest absolute Gasteiger partial charge is 0.327 e. The fourth-order valence-corrected chi connectivity index (χ4v) is 7.12. The first kappa shape index (κ1) is 30.4. The molecule has 4 rings (SSSR count). The third-order valence-corrected chi connectivity index (χ3v) is 9.02. The van der Waals surface area contributed by atoms with E-state index in [1.165, 1.54) is 0 Å². The largest absolute Gasteiger partial charge is 0.419 e. The Bertz CT molecular complexity index is 1650. The summed E-state index contributed by atoms with van der Waals surface area (Å²) >= 11 is 1.06. The predicted molar refractivity (Wildman–Crippen MR) is 151 cm³/mol. The van der Waals surface area contributed by atoms with E-state index in [2.05, 4.69) is 19.7 Å². The number of alkyl halides is 3. The van der Waals surface area contributed by atoms with Gasteiger partial charge in [-0.25, -0.2) is 28.1 Å². The van der Waals surface area contributed by atoms with Crippen LogP contribution in [0.5, 0.6) is 0 Å². The Morgan fingerprint density at radius 2 is 1.76 bits per heavy atom. The lowest BCUT2D eigenvalue weighted by Crippen LogP contribution is -2.21. The van der Waals surface area contributed by atoms with Crippen LogP contribution in [0.15, 0.2) is 59.3 Å². The molecule has 1 N–H and O–H groups in total. The lowest BCUT2D eigenvalue weighted by Gasteiger charge is -2.19. The summed E-state index contributed by atoms with van der Waals surface area (Å²) in [6.45, 7) is 10.1. The average molecular weight is 606 g/mol. The van der Waals surface area contributed by atoms with Crippen LogP contribution in [0, 0.1) is 5.92 Å². The molecule has 0 aliphatic heterocycles. The number of thiophene rings is 1. The van der Waals surface area contributed by atoms with Gasteiger partial charge in [-0.1, -0.05) is 52.8 Å². The maximum Gasteiger partial charge on any atom is 0.419 e. The number of aromatic nitrogens is 4. The molecule has 0 spiro atoms. The Balaban J connectivity index is 1.68. The van der Waals surface area contributed by atoms with Gasteiger partial charge in [-0.15, -0.1) is 11.3 Å². The van der Waals surface area contributed by atoms with Crippen LogP contribution in [0.2, 0.25) is 0 Å². The molecule has 8 nitrogen and oxygen atoms in total. The van der Waals surface area contributed by atoms with Gasteiger partial charge in [0, 0.05) is 46.2 Å². The Hall–Kier alpha value is -3.58. The summed E-state index contributed by atoms with van der Waals surface area (Å²) in [5.41, 5.74) is -0.0733. The number of Topliss-reactive ketones (excluding diaryl/α,β-unsaturated/α-hetero) is 1. The zero-order valence-corrected chi connectivity index (χ0v) is 24.8. The van der Waals surface area contributed by atoms with Gasteiger partial charge in [0.15, 0.2) is 5.78 Å². The van der Waals surface area contributed by atoms with Crippen LogP contribution < -0.4 is 4.72 Å². The van der Waals surface area contributed by atoms with Crippen molar-refractivity contribution in [2.45, 2.75) is 63.4 Å². The van der Waals surface area contributed by atoms with Gasteiger partial charge in [-0.3, -0.25) is 4.79 Å². The Morgan fingerprint density at radius 3 is 2.37 bits per heavy atom. The molecule has 0 radical (unpaired) electrons. The number of nitrogens with one attached hydrogen (secondary N) is 1. The SMILES string of the molecule is CC(C)Cc1cc(-c2cccc(C(=O)Cn3ccnc3C(C)(C)C)c2)c(S(=O)(=O)Nc2ncc(C(F)(F)F)cn2)s1. The number of halogens is 3. The van der Waals surface area contributed by atoms with Crippen molar-refractivity contribution in [2.75, 3.05) is 4.72 Å². The van der Waals surface area contributed by atoms with E-state index in [4.69, 9.17) is 0 Å². The third-order valence-electron chi connectivity index (χ3n) is 6.00. The monoisotopic (exact) mass is 605 g/mol. The van der Waals surface area contributed by atoms with Crippen molar-refractivity contribution >= 4 is 33.1 Å². The summed E-state index contributed by atoms with van der Waals surface area (Å²) in [5, 5.41) is 0. The van der Waals surface area contributed by atoms with Crippen LogP contribution >= 0.6 is 11.3 Å². The second kappa shape index (κ2) is 11.4. The summed E-state index contributed by atoms with van der Waals surface area (Å²) in [6, 6.07) is 8.48. The van der Waals surface area contributed by atoms with Gasteiger partial charge < -0.3 is 4.57 Å². The zero-order valence-electron chi connectivity index (χ0n) is 23.2. The number of carbonyl (C=O) groups excluding carboxylic acids is 1. The van der Waals surface area contributed by atoms with Crippen molar-refractivity contribution in [3.63, 3.8) is 0 Å². The van der Waals surface area contributed by atoms with E-state index in [1.807, 2.05) is 34.6 Å². The van der Waals surface area contributed by atoms with Crippen LogP contribution in [0.1, 0.15) is 61.2 Å². The van der Waals surface area contributed by atoms with Crippen molar-refractivity contribution in [1.29, 1.82) is 0 Å². The van der Waals surface area contributed by atoms with Crippen LogP contribution in [0.25, 0.3) is 11.1 Å². The molecule has 0 unspecified atom stereocenters. The highest BCUT2D eigenvalue weighted by Gasteiger charge is 2.32. The Morgan fingerprint density at radius 1 is 1.07 bits per heavy atom. The van der Waals surface area contributed by atoms with Gasteiger partial charge in [0.25, 0.3) is 10.0 Å². The minimum Gasteiger partial charge on any atom is -0.327 e. The molecule has 0 bridgehead atoms. The van der Waals surface area contributed by atoms with E-state index < -0.39 is 27.7 Å². The lowest BCUT2D eigenvalue weighted by atomic mass is 9.95. The van der Waals surface area contributed by atoms with E-state index in [-0.39, 0.29) is 27.9 Å². The average Bonchev–Trinajstić information content (AvgIpc) is 3.51. The molecule has 0 aliphatic carbocycles. The summed E-state index contributed by atoms with van der Waals surface area (Å²) in [6.07, 6.45) is 0.391. The second-order valence-corrected chi connectivity index (χ2v) is 14.1. The zero-order chi connectivity index (χ0) is 30.2. The number of sulfonamides is 1. The maximum atomic E-state index is 13.5. The summed E-state index contributed by atoms with van der Waals surface area (Å²) in [7, 11) is -4.29. The van der Waals surface area contributed by atoms with Gasteiger partial charge in [0.05, 0.1) is 12.1 Å². The highest BCUT2D eigenvalue weighted by Crippen LogP contribution is 2.37. The van der Waals surface area contributed by atoms with Crippen molar-refractivity contribution in [1.82, 2.24) is 19.5 Å². The highest BCUT2D eigenvalue weighted by atomic mass is 32.2. The van der Waals surface area contributed by atoms with E-state index in [9.17, 15) is 26.4 Å². The number of nitrogens with zero attached hydrogens (tertiary/aromatic N) is 4. The molecule has 1 aromatic carbocycles. The standard InChI is InChI=1S/C28H30F3N5O3S2/c1-17(2)11-21-13-22(24(40-21)41(38,39)35-26-33-14-20(15-34-26)28(29,30)31)18-7-6-8-19(12-18)23(37)16-36-10-9-32-25(36)27(3,4)5/h6-10,12-15,17H,11,16H2,1-5H3,(H,33,34,35). The van der Waals surface area contributed by atoms with Gasteiger partial charge in [-0.2, -0.15) is 13.2 Å². The van der Waals surface area contributed by atoms with Crippen LogP contribution in [0.3, 0.4) is 0 Å². The maximum absolute atomic E-state index is 13.5. The second-order valence-electron chi connectivity index (χ2n) is 11.0. The number of hydrogen-bond donors (Lipinski definition) is 1. The number of rotatable bonds is 9. The molecule has 0 saturated heterocycles. The van der Waals surface area contributed by atoms with Crippen LogP contribution in [0.4, 0.5) is 19.1 Å². The molecule has 13 heteroatoms. The minimum absolute atomic E-state index is 0.0501. The van der Waals surface area contributed by atoms with Crippen LogP contribution in [-0.2, 0) is 34.6 Å². The number of carbonyl (C=O) groups is 1. The predicted octanol–water partition coefficient (Wildman–Crippen LogP) is 6.60. The molecule has 41 heavy (non-hydrogen) atoms. The fourth-order valence-electron chi connectivity index (χ4n) is 4.21. The lowest BCUT2D eigenvalue weighted by molar-refractivity contribution is -0.138. The molecule has 0 atom stereocenters. The Kier molecular flexibility index (Phi) is 8.42. The number of benzene rings is 1. The molecule has 3 heterocycles. The minimum atomic E-state index is -4.65. The summed E-state index contributed by atoms with van der Waals surface area (Å²) in [4.78, 5) is 25.5. The number of hydrogen-bond acceptors (Lipinski definition) is 7. The first-order valence-electron chi connectivity index (χ1n) is 12.7. The fraction of sp³-hybridized carbons (Fsp3) is 0.357. The van der Waals surface area contributed by atoms with E-state index >= 15 is 0 Å². The molecule has 0 saturated carbocycles. The quantitative estimate of drug-likeness (QED) is 0.216. The van der Waals surface area contributed by atoms with E-state index in [0.717, 1.165) is 22.0 Å². The molecule has 0 aliphatic rings. The molecular formula is C28H30F3N5O3S2. The first-order chi connectivity index (χ1) is 19.0. The summed E-state index contributed by atoms with van der Waals surface area (Å²) < 4.78 is 69.5. The van der Waals surface area contributed by atoms with Gasteiger partial charge in [0.1, 0.15) is 10.0 Å². The van der Waals surface area contributed by atoms with Crippen molar-refractivity contribution in [3.05, 3.63) is 76.9 Å². The highest BCUT2D eigenvalue weighted by molar-refractivity contribution is 7.94. The van der Waals surface area contributed by atoms with Gasteiger partial charge in [0.2, 0.25) is 5.95 Å². The molecule has 0 amide bonds. The van der Waals surface area contributed by atoms with E-state index in [1.54, 1.807) is 47.3 Å². The van der Waals surface area contributed by atoms with Crippen molar-refractivity contribution in [3.8, 4) is 11.1 Å². The van der Waals surface area contributed by atoms with Crippen molar-refractivity contribution < 1.29 is 26.4 Å². The Labute approximate surface area is 240 Å². The van der Waals surface area contributed by atoms with Crippen LogP contribution in [-0.4, -0.2) is 33.7 Å². The topological polar surface area (TPSA) is 107 Å². The normalized spacial score (nSPS) is 12.6. The van der Waals surface area contributed by atoms with E-state index in [0.29, 0.717) is 35.5 Å². The molecule has 3 aromatic heterocycles. The number of imidazole rings is 1. The third kappa shape index (κ3) is 7.20. The molecule has 4 aromatic rings. The summed E-state index contributed by atoms with van der Waals surface area (Å²) in [5.74, 6) is 0.349. The number of ketones is 1. The number of anilines is 1. The van der Waals surface area contributed by atoms with Gasteiger partial charge in [-0.05, 0) is 30.0 Å². The molecule has 0 fully saturated rings. The molecular weight excluding hydrogens is 575 g/mol. The molecule has 218 valence electrons. The first-order valence-corrected chi connectivity index (χ1v) is 15.0. The van der Waals surface area contributed by atoms with Gasteiger partial charge >= 0.3 is 6.18 Å². The van der Waals surface area contributed by atoms with Crippen molar-refractivity contribution in [2.24, 2.45) is 5.92 Å².